The minimum absolute atomic E-state index is 0.221. The van der Waals surface area contributed by atoms with Gasteiger partial charge in [-0.2, -0.15) is 0 Å². The number of rotatable bonds is 9. The molecule has 0 spiro atoms. The van der Waals surface area contributed by atoms with Crippen molar-refractivity contribution in [3.63, 3.8) is 0 Å². The molecule has 0 amide bonds. The summed E-state index contributed by atoms with van der Waals surface area (Å²) in [6.45, 7) is 5.41. The molecule has 3 aromatic rings. The standard InChI is InChI=1S/C23H29N3O3/c1-4-6-14-28-18-12-13-19(29-15-7-5-2)22-21(18)25-20(23(27)26(22)3)16-10-8-9-11-17(16)24/h8-13H,4-7,14-15,24H2,1-3H3. The van der Waals surface area contributed by atoms with Crippen LogP contribution in [0.15, 0.2) is 41.2 Å². The van der Waals surface area contributed by atoms with Crippen LogP contribution in [0.2, 0.25) is 0 Å². The molecule has 0 saturated heterocycles. The first-order chi connectivity index (χ1) is 14.1. The maximum absolute atomic E-state index is 13.1. The Morgan fingerprint density at radius 2 is 1.59 bits per heavy atom. The van der Waals surface area contributed by atoms with Crippen molar-refractivity contribution < 1.29 is 9.47 Å². The van der Waals surface area contributed by atoms with Crippen LogP contribution in [0.1, 0.15) is 39.5 Å². The molecule has 0 aliphatic heterocycles. The normalized spacial score (nSPS) is 11.0. The molecule has 0 bridgehead atoms. The summed E-state index contributed by atoms with van der Waals surface area (Å²) in [5.41, 5.74) is 8.58. The Labute approximate surface area is 171 Å². The molecule has 2 N–H and O–H groups in total. The molecule has 0 aliphatic carbocycles. The Kier molecular flexibility index (Phi) is 6.75. The van der Waals surface area contributed by atoms with Crippen molar-refractivity contribution in [2.45, 2.75) is 39.5 Å². The second-order valence-electron chi connectivity index (χ2n) is 7.07. The monoisotopic (exact) mass is 395 g/mol. The number of unbranched alkanes of at least 4 members (excludes halogenated alkanes) is 2. The maximum atomic E-state index is 13.1. The van der Waals surface area contributed by atoms with E-state index in [1.54, 1.807) is 17.7 Å². The Hall–Kier alpha value is -3.02. The maximum Gasteiger partial charge on any atom is 0.277 e. The number of ether oxygens (including phenoxy) is 2. The van der Waals surface area contributed by atoms with Crippen molar-refractivity contribution in [3.8, 4) is 22.8 Å². The van der Waals surface area contributed by atoms with Crippen molar-refractivity contribution in [3.05, 3.63) is 46.8 Å². The summed E-state index contributed by atoms with van der Waals surface area (Å²) >= 11 is 0. The van der Waals surface area contributed by atoms with E-state index in [-0.39, 0.29) is 5.56 Å². The number of anilines is 1. The molecular weight excluding hydrogens is 366 g/mol. The third-order valence-electron chi connectivity index (χ3n) is 4.87. The average molecular weight is 396 g/mol. The fourth-order valence-corrected chi connectivity index (χ4v) is 3.17. The number of nitrogens with two attached hydrogens (primary N) is 1. The van der Waals surface area contributed by atoms with Gasteiger partial charge in [-0.1, -0.05) is 44.9 Å². The van der Waals surface area contributed by atoms with Crippen LogP contribution < -0.4 is 20.8 Å². The third kappa shape index (κ3) is 4.36. The van der Waals surface area contributed by atoms with Crippen molar-refractivity contribution >= 4 is 16.7 Å². The molecule has 0 unspecified atom stereocenters. The number of nitrogen functional groups attached to an aromatic ring is 1. The summed E-state index contributed by atoms with van der Waals surface area (Å²) in [6.07, 6.45) is 3.95. The molecule has 2 aromatic carbocycles. The predicted molar refractivity (Wildman–Crippen MR) is 118 cm³/mol. The number of hydrogen-bond donors (Lipinski definition) is 1. The van der Waals surface area contributed by atoms with Crippen LogP contribution in [0.4, 0.5) is 5.69 Å². The molecule has 6 nitrogen and oxygen atoms in total. The van der Waals surface area contributed by atoms with Gasteiger partial charge in [0.25, 0.3) is 5.56 Å². The Balaban J connectivity index is 2.21. The van der Waals surface area contributed by atoms with E-state index in [1.807, 2.05) is 30.3 Å². The van der Waals surface area contributed by atoms with E-state index in [0.29, 0.717) is 52.7 Å². The quantitative estimate of drug-likeness (QED) is 0.425. The molecule has 0 atom stereocenters. The zero-order valence-electron chi connectivity index (χ0n) is 17.4. The van der Waals surface area contributed by atoms with Gasteiger partial charge in [0.1, 0.15) is 28.2 Å². The van der Waals surface area contributed by atoms with Gasteiger partial charge in [0.05, 0.1) is 13.2 Å². The van der Waals surface area contributed by atoms with Crippen molar-refractivity contribution in [1.29, 1.82) is 0 Å². The SMILES string of the molecule is CCCCOc1ccc(OCCCC)c2c1nc(-c1ccccc1N)c(=O)n2C. The summed E-state index contributed by atoms with van der Waals surface area (Å²) in [5, 5.41) is 0. The molecular formula is C23H29N3O3. The highest BCUT2D eigenvalue weighted by atomic mass is 16.5. The Morgan fingerprint density at radius 1 is 0.966 bits per heavy atom. The fraction of sp³-hybridized carbons (Fsp3) is 0.391. The number of aromatic nitrogens is 2. The van der Waals surface area contributed by atoms with E-state index in [1.165, 1.54) is 0 Å². The molecule has 154 valence electrons. The first-order valence-electron chi connectivity index (χ1n) is 10.2. The number of fused-ring (bicyclic) bond motifs is 1. The summed E-state index contributed by atoms with van der Waals surface area (Å²) in [6, 6.07) is 11.0. The van der Waals surface area contributed by atoms with E-state index in [9.17, 15) is 4.79 Å². The van der Waals surface area contributed by atoms with Gasteiger partial charge in [-0.3, -0.25) is 4.79 Å². The highest BCUT2D eigenvalue weighted by molar-refractivity contribution is 5.89. The average Bonchev–Trinajstić information content (AvgIpc) is 2.72. The van der Waals surface area contributed by atoms with Gasteiger partial charge in [0, 0.05) is 18.3 Å². The molecule has 29 heavy (non-hydrogen) atoms. The highest BCUT2D eigenvalue weighted by Gasteiger charge is 2.19. The Bertz CT molecular complexity index is 1040. The second kappa shape index (κ2) is 9.45. The molecule has 0 aliphatic rings. The minimum atomic E-state index is -0.221. The lowest BCUT2D eigenvalue weighted by Crippen LogP contribution is -2.22. The molecule has 0 radical (unpaired) electrons. The van der Waals surface area contributed by atoms with Crippen LogP contribution in [0.3, 0.4) is 0 Å². The van der Waals surface area contributed by atoms with Crippen molar-refractivity contribution in [2.75, 3.05) is 18.9 Å². The minimum Gasteiger partial charge on any atom is -0.491 e. The van der Waals surface area contributed by atoms with Crippen LogP contribution in [-0.2, 0) is 7.05 Å². The number of aryl methyl sites for hydroxylation is 1. The summed E-state index contributed by atoms with van der Waals surface area (Å²) < 4.78 is 13.5. The van der Waals surface area contributed by atoms with Gasteiger partial charge < -0.3 is 19.8 Å². The molecule has 1 heterocycles. The Morgan fingerprint density at radius 3 is 2.24 bits per heavy atom. The highest BCUT2D eigenvalue weighted by Crippen LogP contribution is 2.33. The lowest BCUT2D eigenvalue weighted by atomic mass is 10.1. The predicted octanol–water partition coefficient (Wildman–Crippen LogP) is 4.54. The van der Waals surface area contributed by atoms with E-state index < -0.39 is 0 Å². The van der Waals surface area contributed by atoms with E-state index in [2.05, 4.69) is 13.8 Å². The first kappa shape index (κ1) is 20.7. The lowest BCUT2D eigenvalue weighted by molar-refractivity contribution is 0.304. The van der Waals surface area contributed by atoms with Gasteiger partial charge >= 0.3 is 0 Å². The third-order valence-corrected chi connectivity index (χ3v) is 4.87. The van der Waals surface area contributed by atoms with E-state index in [4.69, 9.17) is 20.2 Å². The van der Waals surface area contributed by atoms with Gasteiger partial charge in [0.2, 0.25) is 0 Å². The topological polar surface area (TPSA) is 79.4 Å². The lowest BCUT2D eigenvalue weighted by Gasteiger charge is -2.16. The number of para-hydroxylation sites is 1. The summed E-state index contributed by atoms with van der Waals surface area (Å²) in [5.74, 6) is 1.28. The summed E-state index contributed by atoms with van der Waals surface area (Å²) in [7, 11) is 1.73. The van der Waals surface area contributed by atoms with Gasteiger partial charge in [-0.15, -0.1) is 0 Å². The molecule has 1 aromatic heterocycles. The van der Waals surface area contributed by atoms with Crippen LogP contribution in [0.5, 0.6) is 11.5 Å². The van der Waals surface area contributed by atoms with Crippen LogP contribution in [0, 0.1) is 0 Å². The van der Waals surface area contributed by atoms with Crippen molar-refractivity contribution in [1.82, 2.24) is 9.55 Å². The largest absolute Gasteiger partial charge is 0.491 e. The fourth-order valence-electron chi connectivity index (χ4n) is 3.17. The van der Waals surface area contributed by atoms with E-state index >= 15 is 0 Å². The van der Waals surface area contributed by atoms with Crippen LogP contribution in [-0.4, -0.2) is 22.8 Å². The van der Waals surface area contributed by atoms with Crippen LogP contribution in [0.25, 0.3) is 22.3 Å². The summed E-state index contributed by atoms with van der Waals surface area (Å²) in [4.78, 5) is 17.9. The number of hydrogen-bond acceptors (Lipinski definition) is 5. The number of benzene rings is 2. The number of nitrogens with zero attached hydrogens (tertiary/aromatic N) is 2. The van der Waals surface area contributed by atoms with Crippen molar-refractivity contribution in [2.24, 2.45) is 7.05 Å². The van der Waals surface area contributed by atoms with E-state index in [0.717, 1.165) is 25.7 Å². The zero-order chi connectivity index (χ0) is 20.8. The smallest absolute Gasteiger partial charge is 0.277 e. The second-order valence-corrected chi connectivity index (χ2v) is 7.07. The molecule has 0 saturated carbocycles. The van der Waals surface area contributed by atoms with Gasteiger partial charge in [-0.25, -0.2) is 4.98 Å². The molecule has 3 rings (SSSR count). The zero-order valence-corrected chi connectivity index (χ0v) is 17.4. The molecule has 0 fully saturated rings. The first-order valence-corrected chi connectivity index (χ1v) is 10.2. The molecule has 6 heteroatoms. The van der Waals surface area contributed by atoms with Gasteiger partial charge in [0.15, 0.2) is 0 Å². The van der Waals surface area contributed by atoms with Gasteiger partial charge in [-0.05, 0) is 31.0 Å². The van der Waals surface area contributed by atoms with Crippen LogP contribution >= 0.6 is 0 Å².